The molecule has 0 fully saturated rings. The van der Waals surface area contributed by atoms with Gasteiger partial charge in [0.1, 0.15) is 6.54 Å². The van der Waals surface area contributed by atoms with Crippen molar-refractivity contribution in [2.24, 2.45) is 0 Å². The molecule has 0 saturated heterocycles. The molecule has 2 heterocycles. The maximum Gasteiger partial charge on any atom is 0.420 e. The highest BCUT2D eigenvalue weighted by atomic mass is 16.4. The quantitative estimate of drug-likeness (QED) is 0.744. The number of aromatic nitrogens is 3. The lowest BCUT2D eigenvalue weighted by molar-refractivity contribution is -0.121. The maximum atomic E-state index is 12.1. The minimum absolute atomic E-state index is 0.110. The van der Waals surface area contributed by atoms with Crippen LogP contribution in [0.2, 0.25) is 0 Å². The molecule has 8 heteroatoms. The zero-order chi connectivity index (χ0) is 17.1. The van der Waals surface area contributed by atoms with Crippen LogP contribution in [0.5, 0.6) is 0 Å². The first-order chi connectivity index (χ1) is 11.5. The van der Waals surface area contributed by atoms with Gasteiger partial charge in [0, 0.05) is 20.3 Å². The van der Waals surface area contributed by atoms with Gasteiger partial charge in [-0.25, -0.2) is 14.8 Å². The normalized spacial score (nSPS) is 10.8. The molecule has 1 aromatic carbocycles. The fraction of sp³-hybridized carbons (Fsp3) is 0.250. The Labute approximate surface area is 137 Å². The SMILES string of the molecule is CN(C)c1nccc(CNC(=O)Cn2c(=O)oc3ccccc32)n1. The molecular weight excluding hydrogens is 310 g/mol. The fourth-order valence-electron chi connectivity index (χ4n) is 2.25. The zero-order valence-corrected chi connectivity index (χ0v) is 13.4. The van der Waals surface area contributed by atoms with E-state index in [1.54, 1.807) is 41.4 Å². The fourth-order valence-corrected chi connectivity index (χ4v) is 2.25. The number of amides is 1. The Bertz CT molecular complexity index is 929. The third kappa shape index (κ3) is 3.27. The van der Waals surface area contributed by atoms with Crippen molar-refractivity contribution in [1.29, 1.82) is 0 Å². The minimum atomic E-state index is -0.553. The molecular formula is C16H17N5O3. The Morgan fingerprint density at radius 1 is 1.29 bits per heavy atom. The lowest BCUT2D eigenvalue weighted by Crippen LogP contribution is -2.30. The highest BCUT2D eigenvalue weighted by Crippen LogP contribution is 2.11. The molecule has 124 valence electrons. The second kappa shape index (κ2) is 6.53. The summed E-state index contributed by atoms with van der Waals surface area (Å²) in [5.74, 6) is -0.282. The predicted octanol–water partition coefficient (Wildman–Crippen LogP) is 0.767. The van der Waals surface area contributed by atoms with Crippen LogP contribution in [-0.2, 0) is 17.9 Å². The molecule has 0 spiro atoms. The molecule has 8 nitrogen and oxygen atoms in total. The summed E-state index contributed by atoms with van der Waals surface area (Å²) < 4.78 is 6.41. The third-order valence-electron chi connectivity index (χ3n) is 3.44. The molecule has 0 aliphatic heterocycles. The number of para-hydroxylation sites is 2. The average Bonchev–Trinajstić information content (AvgIpc) is 2.89. The second-order valence-corrected chi connectivity index (χ2v) is 5.44. The summed E-state index contributed by atoms with van der Waals surface area (Å²) in [6.07, 6.45) is 1.64. The van der Waals surface area contributed by atoms with Crippen LogP contribution >= 0.6 is 0 Å². The summed E-state index contributed by atoms with van der Waals surface area (Å²) in [7, 11) is 3.68. The van der Waals surface area contributed by atoms with Crippen molar-refractivity contribution in [2.75, 3.05) is 19.0 Å². The van der Waals surface area contributed by atoms with Crippen LogP contribution in [0, 0.1) is 0 Å². The van der Waals surface area contributed by atoms with E-state index in [1.165, 1.54) is 4.57 Å². The van der Waals surface area contributed by atoms with Gasteiger partial charge in [0.25, 0.3) is 0 Å². The minimum Gasteiger partial charge on any atom is -0.408 e. The Morgan fingerprint density at radius 3 is 2.88 bits per heavy atom. The average molecular weight is 327 g/mol. The number of hydrogen-bond acceptors (Lipinski definition) is 6. The number of hydrogen-bond donors (Lipinski definition) is 1. The number of rotatable bonds is 5. The van der Waals surface area contributed by atoms with Crippen LogP contribution in [-0.4, -0.2) is 34.5 Å². The molecule has 0 unspecified atom stereocenters. The molecule has 2 aromatic heterocycles. The third-order valence-corrected chi connectivity index (χ3v) is 3.44. The van der Waals surface area contributed by atoms with Crippen molar-refractivity contribution >= 4 is 23.0 Å². The van der Waals surface area contributed by atoms with Crippen molar-refractivity contribution in [3.8, 4) is 0 Å². The van der Waals surface area contributed by atoms with E-state index in [0.29, 0.717) is 22.7 Å². The van der Waals surface area contributed by atoms with Crippen LogP contribution in [0.15, 0.2) is 45.7 Å². The van der Waals surface area contributed by atoms with Gasteiger partial charge >= 0.3 is 5.76 Å². The number of nitrogens with zero attached hydrogens (tertiary/aromatic N) is 4. The molecule has 0 atom stereocenters. The highest BCUT2D eigenvalue weighted by Gasteiger charge is 2.12. The number of nitrogens with one attached hydrogen (secondary N) is 1. The smallest absolute Gasteiger partial charge is 0.408 e. The first kappa shape index (κ1) is 15.7. The molecule has 0 aliphatic rings. The lowest BCUT2D eigenvalue weighted by Gasteiger charge is -2.11. The molecule has 0 saturated carbocycles. The molecule has 3 aromatic rings. The van der Waals surface area contributed by atoms with Crippen molar-refractivity contribution in [1.82, 2.24) is 19.9 Å². The number of fused-ring (bicyclic) bond motifs is 1. The largest absolute Gasteiger partial charge is 0.420 e. The van der Waals surface area contributed by atoms with Gasteiger partial charge in [-0.15, -0.1) is 0 Å². The molecule has 0 bridgehead atoms. The Morgan fingerprint density at radius 2 is 2.08 bits per heavy atom. The Hall–Kier alpha value is -3.16. The number of benzene rings is 1. The van der Waals surface area contributed by atoms with E-state index < -0.39 is 5.76 Å². The molecule has 1 N–H and O–H groups in total. The van der Waals surface area contributed by atoms with E-state index in [2.05, 4.69) is 15.3 Å². The van der Waals surface area contributed by atoms with Crippen molar-refractivity contribution in [3.63, 3.8) is 0 Å². The van der Waals surface area contributed by atoms with E-state index in [-0.39, 0.29) is 19.0 Å². The summed E-state index contributed by atoms with van der Waals surface area (Å²) in [4.78, 5) is 34.2. The summed E-state index contributed by atoms with van der Waals surface area (Å²) in [5, 5.41) is 2.75. The molecule has 24 heavy (non-hydrogen) atoms. The van der Waals surface area contributed by atoms with Gasteiger partial charge in [0.2, 0.25) is 11.9 Å². The maximum absolute atomic E-state index is 12.1. The van der Waals surface area contributed by atoms with Gasteiger partial charge in [0.05, 0.1) is 17.8 Å². The first-order valence-corrected chi connectivity index (χ1v) is 7.39. The van der Waals surface area contributed by atoms with E-state index in [1.807, 2.05) is 14.1 Å². The summed E-state index contributed by atoms with van der Waals surface area (Å²) >= 11 is 0. The van der Waals surface area contributed by atoms with Gasteiger partial charge < -0.3 is 14.6 Å². The van der Waals surface area contributed by atoms with Gasteiger partial charge in [-0.05, 0) is 18.2 Å². The number of anilines is 1. The zero-order valence-electron chi connectivity index (χ0n) is 13.4. The van der Waals surface area contributed by atoms with Gasteiger partial charge in [-0.1, -0.05) is 12.1 Å². The van der Waals surface area contributed by atoms with E-state index in [4.69, 9.17) is 4.42 Å². The molecule has 0 aliphatic carbocycles. The van der Waals surface area contributed by atoms with Gasteiger partial charge in [0.15, 0.2) is 5.58 Å². The number of carbonyl (C=O) groups excluding carboxylic acids is 1. The second-order valence-electron chi connectivity index (χ2n) is 5.44. The van der Waals surface area contributed by atoms with Crippen molar-refractivity contribution in [2.45, 2.75) is 13.1 Å². The summed E-state index contributed by atoms with van der Waals surface area (Å²) in [5.41, 5.74) is 1.74. The number of oxazole rings is 1. The van der Waals surface area contributed by atoms with Gasteiger partial charge in [-0.3, -0.25) is 9.36 Å². The van der Waals surface area contributed by atoms with E-state index in [9.17, 15) is 9.59 Å². The van der Waals surface area contributed by atoms with Crippen LogP contribution in [0.3, 0.4) is 0 Å². The van der Waals surface area contributed by atoms with Crippen LogP contribution in [0.4, 0.5) is 5.95 Å². The van der Waals surface area contributed by atoms with E-state index in [0.717, 1.165) is 0 Å². The number of carbonyl (C=O) groups is 1. The van der Waals surface area contributed by atoms with Crippen LogP contribution in [0.1, 0.15) is 5.69 Å². The first-order valence-electron chi connectivity index (χ1n) is 7.39. The topological polar surface area (TPSA) is 93.3 Å². The lowest BCUT2D eigenvalue weighted by atomic mass is 10.3. The predicted molar refractivity (Wildman–Crippen MR) is 88.7 cm³/mol. The van der Waals surface area contributed by atoms with Gasteiger partial charge in [-0.2, -0.15) is 0 Å². The van der Waals surface area contributed by atoms with Crippen LogP contribution in [0.25, 0.3) is 11.1 Å². The Kier molecular flexibility index (Phi) is 4.28. The Balaban J connectivity index is 1.68. The standard InChI is InChI=1S/C16H17N5O3/c1-20(2)15-17-8-7-11(19-15)9-18-14(22)10-21-12-5-3-4-6-13(12)24-16(21)23/h3-8H,9-10H2,1-2H3,(H,18,22). The van der Waals surface area contributed by atoms with E-state index >= 15 is 0 Å². The van der Waals surface area contributed by atoms with Crippen molar-refractivity contribution in [3.05, 3.63) is 52.8 Å². The highest BCUT2D eigenvalue weighted by molar-refractivity contribution is 5.79. The van der Waals surface area contributed by atoms with Crippen LogP contribution < -0.4 is 16.0 Å². The monoisotopic (exact) mass is 327 g/mol. The summed E-state index contributed by atoms with van der Waals surface area (Å²) in [6, 6.07) is 8.71. The summed E-state index contributed by atoms with van der Waals surface area (Å²) in [6.45, 7) is 0.147. The molecule has 3 rings (SSSR count). The molecule has 0 radical (unpaired) electrons. The molecule has 1 amide bonds. The van der Waals surface area contributed by atoms with Crippen molar-refractivity contribution < 1.29 is 9.21 Å².